The van der Waals surface area contributed by atoms with Crippen molar-refractivity contribution >= 4 is 63.0 Å². The minimum Gasteiger partial charge on any atom is -0.450 e. The summed E-state index contributed by atoms with van der Waals surface area (Å²) in [6.07, 6.45) is 1.60. The fourth-order valence-corrected chi connectivity index (χ4v) is 4.47. The van der Waals surface area contributed by atoms with Crippen LogP contribution in [0.15, 0.2) is 71.6 Å². The Morgan fingerprint density at radius 1 is 0.833 bits per heavy atom. The van der Waals surface area contributed by atoms with Crippen LogP contribution in [0.4, 0.5) is 22.7 Å². The maximum Gasteiger partial charge on any atom is 0.318 e. The van der Waals surface area contributed by atoms with Gasteiger partial charge >= 0.3 is 5.69 Å². The average molecular weight is 524 g/mol. The highest BCUT2D eigenvalue weighted by molar-refractivity contribution is 8.27. The number of nitrogens with zero attached hydrogens (tertiary/aromatic N) is 4. The Morgan fingerprint density at radius 2 is 1.44 bits per heavy atom. The van der Waals surface area contributed by atoms with E-state index in [0.717, 1.165) is 30.0 Å². The van der Waals surface area contributed by atoms with Crippen molar-refractivity contribution in [1.29, 1.82) is 0 Å². The summed E-state index contributed by atoms with van der Waals surface area (Å²) in [7, 11) is 0. The lowest BCUT2D eigenvalue weighted by atomic mass is 10.2. The van der Waals surface area contributed by atoms with E-state index in [1.165, 1.54) is 41.3 Å². The first-order valence-electron chi connectivity index (χ1n) is 9.87. The summed E-state index contributed by atoms with van der Waals surface area (Å²) >= 11 is 6.38. The molecule has 3 aromatic rings. The molecule has 0 atom stereocenters. The lowest BCUT2D eigenvalue weighted by Gasteiger charge is -2.13. The van der Waals surface area contributed by atoms with Crippen LogP contribution in [0.2, 0.25) is 0 Å². The van der Waals surface area contributed by atoms with E-state index in [1.54, 1.807) is 18.2 Å². The lowest BCUT2D eigenvalue weighted by Crippen LogP contribution is -2.27. The third-order valence-corrected chi connectivity index (χ3v) is 6.17. The van der Waals surface area contributed by atoms with Crippen LogP contribution in [0.1, 0.15) is 5.56 Å². The molecule has 0 unspecified atom stereocenters. The van der Waals surface area contributed by atoms with E-state index in [0.29, 0.717) is 16.2 Å². The Kier molecular flexibility index (Phi) is 6.71. The topological polar surface area (TPSA) is 159 Å². The number of thioether (sulfide) groups is 1. The van der Waals surface area contributed by atoms with E-state index < -0.39 is 26.1 Å². The minimum atomic E-state index is -0.774. The zero-order chi connectivity index (χ0) is 26.0. The van der Waals surface area contributed by atoms with Gasteiger partial charge in [-0.3, -0.25) is 40.0 Å². The molecule has 180 valence electrons. The Morgan fingerprint density at radius 3 is 2.03 bits per heavy atom. The second-order valence-electron chi connectivity index (χ2n) is 7.13. The predicted octanol–water partition coefficient (Wildman–Crippen LogP) is 5.61. The van der Waals surface area contributed by atoms with E-state index in [9.17, 15) is 35.1 Å². The van der Waals surface area contributed by atoms with Crippen molar-refractivity contribution in [2.45, 2.75) is 0 Å². The number of carbonyl (C=O) groups excluding carboxylic acids is 1. The van der Waals surface area contributed by atoms with Gasteiger partial charge in [-0.2, -0.15) is 0 Å². The maximum absolute atomic E-state index is 12.9. The van der Waals surface area contributed by atoms with E-state index >= 15 is 0 Å². The van der Waals surface area contributed by atoms with Crippen molar-refractivity contribution in [3.63, 3.8) is 0 Å². The van der Waals surface area contributed by atoms with Crippen LogP contribution in [0.3, 0.4) is 0 Å². The number of ether oxygens (including phenoxy) is 1. The number of thiocarbonyl (C=S) groups is 1. The van der Waals surface area contributed by atoms with Gasteiger partial charge in [-0.25, -0.2) is 0 Å². The fourth-order valence-electron chi connectivity index (χ4n) is 3.17. The third kappa shape index (κ3) is 5.03. The number of amides is 1. The first-order valence-corrected chi connectivity index (χ1v) is 11.1. The molecule has 0 radical (unpaired) electrons. The number of anilines is 1. The molecular formula is C22H12N4O8S2. The summed E-state index contributed by atoms with van der Waals surface area (Å²) in [4.78, 5) is 45.5. The van der Waals surface area contributed by atoms with Gasteiger partial charge in [-0.1, -0.05) is 36.1 Å². The molecule has 14 heteroatoms. The molecule has 0 spiro atoms. The molecule has 0 saturated carbocycles. The molecule has 1 fully saturated rings. The van der Waals surface area contributed by atoms with Gasteiger partial charge in [0.25, 0.3) is 17.3 Å². The first kappa shape index (κ1) is 24.4. The summed E-state index contributed by atoms with van der Waals surface area (Å²) in [5, 5.41) is 33.0. The highest BCUT2D eigenvalue weighted by atomic mass is 32.2. The molecule has 0 bridgehead atoms. The summed E-state index contributed by atoms with van der Waals surface area (Å²) < 4.78 is 5.81. The van der Waals surface area contributed by atoms with Crippen molar-refractivity contribution in [3.8, 4) is 11.5 Å². The van der Waals surface area contributed by atoms with Crippen molar-refractivity contribution in [2.75, 3.05) is 4.90 Å². The van der Waals surface area contributed by atoms with Gasteiger partial charge in [0.05, 0.1) is 31.4 Å². The standard InChI is InChI=1S/C22H12N4O8S2/c27-21-20(36-22(35)23(21)14-3-5-15(6-4-14)24(28)29)11-13-1-8-17(9-2-13)34-19-10-7-16(25(30)31)12-18(19)26(32)33/h1-12H/b20-11-. The molecule has 0 aliphatic carbocycles. The highest BCUT2D eigenvalue weighted by Crippen LogP contribution is 2.37. The Balaban J connectivity index is 1.52. The second kappa shape index (κ2) is 9.89. The van der Waals surface area contributed by atoms with E-state index in [2.05, 4.69) is 0 Å². The normalized spacial score (nSPS) is 14.2. The SMILES string of the molecule is O=C1/C(=C/c2ccc(Oc3ccc([N+](=O)[O-])cc3[N+](=O)[O-])cc2)SC(=S)N1c1ccc([N+](=O)[O-])cc1. The van der Waals surface area contributed by atoms with Crippen LogP contribution >= 0.6 is 24.0 Å². The number of carbonyl (C=O) groups is 1. The molecule has 3 aromatic carbocycles. The number of hydrogen-bond acceptors (Lipinski definition) is 10. The molecule has 1 heterocycles. The van der Waals surface area contributed by atoms with Crippen LogP contribution < -0.4 is 9.64 Å². The molecule has 1 aliphatic rings. The van der Waals surface area contributed by atoms with Crippen molar-refractivity contribution in [2.24, 2.45) is 0 Å². The summed E-state index contributed by atoms with van der Waals surface area (Å²) in [5.74, 6) is -0.314. The van der Waals surface area contributed by atoms with Gasteiger partial charge in [0.2, 0.25) is 5.75 Å². The molecule has 0 N–H and O–H groups in total. The number of nitro benzene ring substituents is 3. The predicted molar refractivity (Wildman–Crippen MR) is 135 cm³/mol. The summed E-state index contributed by atoms with van der Waals surface area (Å²) in [6, 6.07) is 14.8. The van der Waals surface area contributed by atoms with Gasteiger partial charge in [0.1, 0.15) is 5.75 Å². The number of rotatable bonds is 7. The first-order chi connectivity index (χ1) is 17.1. The van der Waals surface area contributed by atoms with Gasteiger partial charge in [-0.05, 0) is 42.0 Å². The van der Waals surface area contributed by atoms with Crippen LogP contribution in [0, 0.1) is 30.3 Å². The van der Waals surface area contributed by atoms with Gasteiger partial charge in [-0.15, -0.1) is 0 Å². The molecule has 1 saturated heterocycles. The number of non-ortho nitro benzene ring substituents is 2. The molecule has 1 aliphatic heterocycles. The number of nitro groups is 3. The van der Waals surface area contributed by atoms with E-state index in [4.69, 9.17) is 17.0 Å². The molecule has 4 rings (SSSR count). The van der Waals surface area contributed by atoms with Crippen LogP contribution in [-0.2, 0) is 4.79 Å². The highest BCUT2D eigenvalue weighted by Gasteiger charge is 2.33. The average Bonchev–Trinajstić information content (AvgIpc) is 3.12. The maximum atomic E-state index is 12.9. The van der Waals surface area contributed by atoms with Crippen LogP contribution in [-0.4, -0.2) is 25.0 Å². The van der Waals surface area contributed by atoms with Gasteiger partial charge < -0.3 is 4.74 Å². The third-order valence-electron chi connectivity index (χ3n) is 4.87. The van der Waals surface area contributed by atoms with Crippen LogP contribution in [0.5, 0.6) is 11.5 Å². The van der Waals surface area contributed by atoms with E-state index in [1.807, 2.05) is 0 Å². The summed E-state index contributed by atoms with van der Waals surface area (Å²) in [5.41, 5.74) is -0.0792. The van der Waals surface area contributed by atoms with E-state index in [-0.39, 0.29) is 27.4 Å². The second-order valence-corrected chi connectivity index (χ2v) is 8.80. The quantitative estimate of drug-likeness (QED) is 0.164. The zero-order valence-corrected chi connectivity index (χ0v) is 19.4. The van der Waals surface area contributed by atoms with Crippen molar-refractivity contribution in [3.05, 3.63) is 108 Å². The molecule has 12 nitrogen and oxygen atoms in total. The molecule has 36 heavy (non-hydrogen) atoms. The fraction of sp³-hybridized carbons (Fsp3) is 0. The monoisotopic (exact) mass is 524 g/mol. The smallest absolute Gasteiger partial charge is 0.318 e. The number of hydrogen-bond donors (Lipinski definition) is 0. The lowest BCUT2D eigenvalue weighted by molar-refractivity contribution is -0.394. The minimum absolute atomic E-state index is 0.110. The number of benzene rings is 3. The van der Waals surface area contributed by atoms with Crippen molar-refractivity contribution < 1.29 is 24.3 Å². The zero-order valence-electron chi connectivity index (χ0n) is 17.8. The van der Waals surface area contributed by atoms with Gasteiger partial charge in [0, 0.05) is 18.2 Å². The Labute approximate surface area is 211 Å². The largest absolute Gasteiger partial charge is 0.450 e. The summed E-state index contributed by atoms with van der Waals surface area (Å²) in [6.45, 7) is 0. The van der Waals surface area contributed by atoms with Crippen LogP contribution in [0.25, 0.3) is 6.08 Å². The molecule has 0 aromatic heterocycles. The molecular weight excluding hydrogens is 512 g/mol. The molecule has 1 amide bonds. The Bertz CT molecular complexity index is 1460. The van der Waals surface area contributed by atoms with Gasteiger partial charge in [0.15, 0.2) is 4.32 Å². The Hall–Kier alpha value is -4.69. The van der Waals surface area contributed by atoms with Crippen molar-refractivity contribution in [1.82, 2.24) is 0 Å².